The van der Waals surface area contributed by atoms with E-state index in [0.717, 1.165) is 0 Å². The van der Waals surface area contributed by atoms with Crippen LogP contribution in [0.5, 0.6) is 0 Å². The van der Waals surface area contributed by atoms with Gasteiger partial charge in [0, 0.05) is 24.5 Å². The van der Waals surface area contributed by atoms with Gasteiger partial charge in [-0.1, -0.05) is 23.2 Å². The maximum atomic E-state index is 12.2. The lowest BCUT2D eigenvalue weighted by molar-refractivity contribution is -0.140. The second kappa shape index (κ2) is 7.24. The van der Waals surface area contributed by atoms with Crippen LogP contribution < -0.4 is 5.32 Å². The molecule has 1 saturated heterocycles. The Balaban J connectivity index is 1.99. The highest BCUT2D eigenvalue weighted by Crippen LogP contribution is 2.26. The van der Waals surface area contributed by atoms with Crippen LogP contribution in [0.2, 0.25) is 10.0 Å². The molecule has 1 aromatic carbocycles. The second-order valence-electron chi connectivity index (χ2n) is 4.39. The number of carbonyl (C=O) groups is 2. The fourth-order valence-electron chi connectivity index (χ4n) is 1.88. The average Bonchev–Trinajstić information content (AvgIpc) is 2.50. The zero-order valence-electron chi connectivity index (χ0n) is 11.3. The van der Waals surface area contributed by atoms with Crippen LogP contribution in [-0.2, 0) is 9.53 Å². The van der Waals surface area contributed by atoms with Crippen LogP contribution in [0.15, 0.2) is 18.2 Å². The number of rotatable bonds is 2. The summed E-state index contributed by atoms with van der Waals surface area (Å²) in [7, 11) is 1.34. The molecule has 0 radical (unpaired) electrons. The molecule has 1 N–H and O–H groups in total. The zero-order chi connectivity index (χ0) is 15.4. The van der Waals surface area contributed by atoms with Crippen LogP contribution in [0.25, 0.3) is 0 Å². The zero-order valence-corrected chi connectivity index (χ0v) is 13.6. The minimum atomic E-state index is -0.344. The summed E-state index contributed by atoms with van der Waals surface area (Å²) in [6.45, 7) is 0.899. The molecule has 2 rings (SSSR count). The average molecular weight is 349 g/mol. The minimum Gasteiger partial charge on any atom is -0.468 e. The van der Waals surface area contributed by atoms with Crippen LogP contribution in [0.3, 0.4) is 0 Å². The molecule has 114 valence electrons. The third-order valence-corrected chi connectivity index (χ3v) is 4.89. The number of halogens is 2. The van der Waals surface area contributed by atoms with Crippen molar-refractivity contribution < 1.29 is 14.3 Å². The Labute approximate surface area is 136 Å². The summed E-state index contributed by atoms with van der Waals surface area (Å²) in [5.41, 5.74) is 0.558. The number of ether oxygens (including phenoxy) is 1. The third-order valence-electron chi connectivity index (χ3n) is 2.99. The molecule has 0 spiro atoms. The van der Waals surface area contributed by atoms with Gasteiger partial charge in [0.15, 0.2) is 0 Å². The first-order valence-corrected chi connectivity index (χ1v) is 8.02. The van der Waals surface area contributed by atoms with E-state index in [9.17, 15) is 9.59 Å². The van der Waals surface area contributed by atoms with E-state index in [4.69, 9.17) is 27.9 Å². The molecule has 2 amide bonds. The molecular weight excluding hydrogens is 335 g/mol. The van der Waals surface area contributed by atoms with Crippen molar-refractivity contribution >= 4 is 52.7 Å². The topological polar surface area (TPSA) is 58.6 Å². The van der Waals surface area contributed by atoms with Gasteiger partial charge in [0.2, 0.25) is 0 Å². The van der Waals surface area contributed by atoms with Gasteiger partial charge in [-0.2, -0.15) is 0 Å². The molecule has 21 heavy (non-hydrogen) atoms. The van der Waals surface area contributed by atoms with Gasteiger partial charge < -0.3 is 15.0 Å². The fraction of sp³-hybridized carbons (Fsp3) is 0.385. The standard InChI is InChI=1S/C13H14Cl2N2O3S/c1-20-12(18)11-7-17(4-5-21-11)13(19)16-8-2-3-9(14)10(15)6-8/h2-3,6,11H,4-5,7H2,1H3,(H,16,19). The Morgan fingerprint density at radius 1 is 1.38 bits per heavy atom. The van der Waals surface area contributed by atoms with E-state index in [1.165, 1.54) is 18.9 Å². The van der Waals surface area contributed by atoms with Gasteiger partial charge in [0.05, 0.1) is 17.2 Å². The Morgan fingerprint density at radius 3 is 2.81 bits per heavy atom. The summed E-state index contributed by atoms with van der Waals surface area (Å²) in [6.07, 6.45) is 0. The maximum absolute atomic E-state index is 12.2. The van der Waals surface area contributed by atoms with Gasteiger partial charge in [-0.3, -0.25) is 4.79 Å². The van der Waals surface area contributed by atoms with Crippen LogP contribution in [0.1, 0.15) is 0 Å². The first-order valence-electron chi connectivity index (χ1n) is 6.21. The number of amides is 2. The van der Waals surface area contributed by atoms with E-state index in [1.807, 2.05) is 0 Å². The molecule has 0 aromatic heterocycles. The monoisotopic (exact) mass is 348 g/mol. The number of nitrogens with zero attached hydrogens (tertiary/aromatic N) is 1. The minimum absolute atomic E-state index is 0.275. The number of esters is 1. The number of hydrogen-bond donors (Lipinski definition) is 1. The highest BCUT2D eigenvalue weighted by atomic mass is 35.5. The molecule has 1 aliphatic heterocycles. The van der Waals surface area contributed by atoms with Crippen LogP contribution in [0, 0.1) is 0 Å². The predicted octanol–water partition coefficient (Wildman–Crippen LogP) is 3.12. The lowest BCUT2D eigenvalue weighted by Crippen LogP contribution is -2.46. The molecule has 8 heteroatoms. The van der Waals surface area contributed by atoms with E-state index in [2.05, 4.69) is 5.32 Å². The number of thioether (sulfide) groups is 1. The molecule has 1 fully saturated rings. The van der Waals surface area contributed by atoms with Crippen molar-refractivity contribution in [1.29, 1.82) is 0 Å². The highest BCUT2D eigenvalue weighted by molar-refractivity contribution is 8.00. The molecule has 1 heterocycles. The largest absolute Gasteiger partial charge is 0.468 e. The Kier molecular flexibility index (Phi) is 5.61. The number of nitrogens with one attached hydrogen (secondary N) is 1. The van der Waals surface area contributed by atoms with Gasteiger partial charge >= 0.3 is 12.0 Å². The Bertz CT molecular complexity index is 556. The molecule has 1 atom stereocenters. The summed E-state index contributed by atoms with van der Waals surface area (Å²) in [4.78, 5) is 25.3. The van der Waals surface area contributed by atoms with E-state index >= 15 is 0 Å². The molecule has 0 saturated carbocycles. The lowest BCUT2D eigenvalue weighted by Gasteiger charge is -2.31. The molecule has 0 bridgehead atoms. The van der Waals surface area contributed by atoms with Crippen LogP contribution >= 0.6 is 35.0 Å². The third kappa shape index (κ3) is 4.18. The number of carbonyl (C=O) groups excluding carboxylic acids is 2. The van der Waals surface area contributed by atoms with Crippen molar-refractivity contribution in [3.8, 4) is 0 Å². The first-order chi connectivity index (χ1) is 10.0. The first kappa shape index (κ1) is 16.3. The molecule has 1 unspecified atom stereocenters. The van der Waals surface area contributed by atoms with Crippen molar-refractivity contribution in [2.24, 2.45) is 0 Å². The van der Waals surface area contributed by atoms with Crippen molar-refractivity contribution in [3.63, 3.8) is 0 Å². The molecule has 0 aliphatic carbocycles. The smallest absolute Gasteiger partial charge is 0.321 e. The number of anilines is 1. The lowest BCUT2D eigenvalue weighted by atomic mass is 10.3. The summed E-state index contributed by atoms with van der Waals surface area (Å²) in [6, 6.07) is 4.59. The fourth-order valence-corrected chi connectivity index (χ4v) is 3.31. The summed E-state index contributed by atoms with van der Waals surface area (Å²) in [5.74, 6) is 0.376. The van der Waals surface area contributed by atoms with E-state index < -0.39 is 0 Å². The molecule has 5 nitrogen and oxygen atoms in total. The predicted molar refractivity (Wildman–Crippen MR) is 85.3 cm³/mol. The maximum Gasteiger partial charge on any atom is 0.321 e. The summed E-state index contributed by atoms with van der Waals surface area (Å²) >= 11 is 13.2. The SMILES string of the molecule is COC(=O)C1CN(C(=O)Nc2ccc(Cl)c(Cl)c2)CCS1. The van der Waals surface area contributed by atoms with Gasteiger partial charge in [0.25, 0.3) is 0 Å². The quantitative estimate of drug-likeness (QED) is 0.834. The Hall–Kier alpha value is -1.11. The highest BCUT2D eigenvalue weighted by Gasteiger charge is 2.29. The number of hydrogen-bond acceptors (Lipinski definition) is 4. The number of urea groups is 1. The van der Waals surface area contributed by atoms with Gasteiger partial charge in [-0.25, -0.2) is 4.79 Å². The second-order valence-corrected chi connectivity index (χ2v) is 6.51. The van der Waals surface area contributed by atoms with Crippen LogP contribution in [0.4, 0.5) is 10.5 Å². The van der Waals surface area contributed by atoms with E-state index in [1.54, 1.807) is 23.1 Å². The van der Waals surface area contributed by atoms with E-state index in [-0.39, 0.29) is 17.3 Å². The van der Waals surface area contributed by atoms with E-state index in [0.29, 0.717) is 34.6 Å². The van der Waals surface area contributed by atoms with Gasteiger partial charge in [-0.05, 0) is 18.2 Å². The molecule has 1 aromatic rings. The molecular formula is C13H14Cl2N2O3S. The van der Waals surface area contributed by atoms with Crippen molar-refractivity contribution in [2.45, 2.75) is 5.25 Å². The normalized spacial score (nSPS) is 18.2. The number of methoxy groups -OCH3 is 1. The summed E-state index contributed by atoms with van der Waals surface area (Å²) < 4.78 is 4.71. The van der Waals surface area contributed by atoms with Crippen LogP contribution in [-0.4, -0.2) is 48.1 Å². The van der Waals surface area contributed by atoms with Crippen molar-refractivity contribution in [3.05, 3.63) is 28.2 Å². The van der Waals surface area contributed by atoms with Crippen molar-refractivity contribution in [1.82, 2.24) is 4.90 Å². The van der Waals surface area contributed by atoms with Gasteiger partial charge in [-0.15, -0.1) is 11.8 Å². The molecule has 1 aliphatic rings. The van der Waals surface area contributed by atoms with Gasteiger partial charge in [0.1, 0.15) is 5.25 Å². The number of benzene rings is 1. The van der Waals surface area contributed by atoms with Crippen molar-refractivity contribution in [2.75, 3.05) is 31.3 Å². The summed E-state index contributed by atoms with van der Waals surface area (Å²) in [5, 5.41) is 3.19. The Morgan fingerprint density at radius 2 is 2.14 bits per heavy atom.